The lowest BCUT2D eigenvalue weighted by Crippen LogP contribution is -2.54. The fourth-order valence-corrected chi connectivity index (χ4v) is 5.22. The van der Waals surface area contributed by atoms with Crippen molar-refractivity contribution in [3.05, 3.63) is 59.2 Å². The van der Waals surface area contributed by atoms with Crippen molar-refractivity contribution in [1.82, 2.24) is 0 Å². The lowest BCUT2D eigenvalue weighted by atomic mass is 9.91. The number of hydrogen-bond donors (Lipinski definition) is 0. The van der Waals surface area contributed by atoms with Gasteiger partial charge in [0.15, 0.2) is 0 Å². The van der Waals surface area contributed by atoms with Gasteiger partial charge in [0.25, 0.3) is 0 Å². The summed E-state index contributed by atoms with van der Waals surface area (Å²) in [5, 5.41) is 0. The third-order valence-corrected chi connectivity index (χ3v) is 7.31. The second-order valence-electron chi connectivity index (χ2n) is 9.51. The lowest BCUT2D eigenvalue weighted by Gasteiger charge is -2.44. The highest BCUT2D eigenvalue weighted by Gasteiger charge is 2.33. The highest BCUT2D eigenvalue weighted by Crippen LogP contribution is 2.31. The van der Waals surface area contributed by atoms with E-state index in [0.29, 0.717) is 5.56 Å². The molecule has 1 fully saturated rings. The van der Waals surface area contributed by atoms with Gasteiger partial charge in [-0.05, 0) is 67.3 Å². The second kappa shape index (κ2) is 10.9. The van der Waals surface area contributed by atoms with Gasteiger partial charge in [-0.25, -0.2) is 4.79 Å². The Morgan fingerprint density at radius 3 is 2.45 bits per heavy atom. The van der Waals surface area contributed by atoms with Gasteiger partial charge in [0.1, 0.15) is 0 Å². The van der Waals surface area contributed by atoms with E-state index in [4.69, 9.17) is 4.74 Å². The number of carbonyl (C=O) groups is 1. The largest absolute Gasteiger partial charge is 0.465 e. The molecular formula is C28H40NO2+. The van der Waals surface area contributed by atoms with Crippen molar-refractivity contribution < 1.29 is 14.0 Å². The molecule has 3 nitrogen and oxygen atoms in total. The minimum atomic E-state index is -0.268. The van der Waals surface area contributed by atoms with Crippen LogP contribution in [-0.2, 0) is 11.2 Å². The molecule has 1 saturated carbocycles. The van der Waals surface area contributed by atoms with Gasteiger partial charge < -0.3 is 9.22 Å². The van der Waals surface area contributed by atoms with Crippen molar-refractivity contribution in [2.45, 2.75) is 71.3 Å². The van der Waals surface area contributed by atoms with Gasteiger partial charge in [-0.15, -0.1) is 0 Å². The quantitative estimate of drug-likeness (QED) is 0.337. The summed E-state index contributed by atoms with van der Waals surface area (Å²) >= 11 is 0. The van der Waals surface area contributed by atoms with Crippen LogP contribution in [0.4, 0.5) is 0 Å². The number of benzene rings is 2. The summed E-state index contributed by atoms with van der Waals surface area (Å²) in [4.78, 5) is 12.4. The molecule has 31 heavy (non-hydrogen) atoms. The van der Waals surface area contributed by atoms with Gasteiger partial charge in [-0.1, -0.05) is 56.2 Å². The van der Waals surface area contributed by atoms with Crippen LogP contribution in [-0.4, -0.2) is 43.7 Å². The number of hydrogen-bond acceptors (Lipinski definition) is 2. The maximum Gasteiger partial charge on any atom is 0.338 e. The predicted octanol–water partition coefficient (Wildman–Crippen LogP) is 6.57. The van der Waals surface area contributed by atoms with Gasteiger partial charge in [0, 0.05) is 6.42 Å². The van der Waals surface area contributed by atoms with Crippen molar-refractivity contribution in [1.29, 1.82) is 0 Å². The Balaban J connectivity index is 1.87. The fraction of sp³-hybridized carbons (Fsp3) is 0.536. The van der Waals surface area contributed by atoms with Gasteiger partial charge in [0.05, 0.1) is 38.9 Å². The number of likely N-dealkylation sites (N-methyl/N-ethyl adjacent to an activating group) is 1. The maximum absolute atomic E-state index is 12.4. The van der Waals surface area contributed by atoms with Crippen LogP contribution >= 0.6 is 0 Å². The van der Waals surface area contributed by atoms with Crippen LogP contribution in [0.1, 0.15) is 73.4 Å². The van der Waals surface area contributed by atoms with E-state index < -0.39 is 0 Å². The third-order valence-electron chi connectivity index (χ3n) is 7.31. The number of ether oxygens (including phenoxy) is 1. The van der Waals surface area contributed by atoms with Crippen LogP contribution < -0.4 is 0 Å². The average Bonchev–Trinajstić information content (AvgIpc) is 2.81. The second-order valence-corrected chi connectivity index (χ2v) is 9.51. The first-order valence-corrected chi connectivity index (χ1v) is 12.1. The Bertz CT molecular complexity index is 869. The van der Waals surface area contributed by atoms with Gasteiger partial charge in [0.2, 0.25) is 0 Å². The molecule has 3 heteroatoms. The van der Waals surface area contributed by atoms with Gasteiger partial charge >= 0.3 is 5.97 Å². The molecule has 3 rings (SSSR count). The van der Waals surface area contributed by atoms with Gasteiger partial charge in [-0.2, -0.15) is 0 Å². The molecule has 0 N–H and O–H groups in total. The first-order valence-electron chi connectivity index (χ1n) is 12.1. The zero-order valence-corrected chi connectivity index (χ0v) is 20.0. The molecule has 0 saturated heterocycles. The van der Waals surface area contributed by atoms with E-state index in [1.807, 2.05) is 18.2 Å². The molecule has 1 aliphatic carbocycles. The molecule has 1 atom stereocenters. The van der Waals surface area contributed by atoms with Crippen molar-refractivity contribution in [3.63, 3.8) is 0 Å². The SMILES string of the molecule is CCCC[N+](C)(CCc1ccc(C(=O)OC)c(-c2ccccc2C)c1)C1CCCCC1. The summed E-state index contributed by atoms with van der Waals surface area (Å²) in [7, 11) is 3.94. The fourth-order valence-electron chi connectivity index (χ4n) is 5.22. The molecule has 2 aromatic carbocycles. The van der Waals surface area contributed by atoms with E-state index >= 15 is 0 Å². The molecule has 0 bridgehead atoms. The predicted molar refractivity (Wildman–Crippen MR) is 129 cm³/mol. The zero-order chi connectivity index (χ0) is 22.3. The first kappa shape index (κ1) is 23.5. The Hall–Kier alpha value is -2.13. The standard InChI is InChI=1S/C28H40NO2/c1-5-6-19-29(3,24-13-8-7-9-14-24)20-18-23-16-17-26(28(30)31-4)27(21-23)25-15-11-10-12-22(25)2/h10-12,15-17,21,24H,5-9,13-14,18-20H2,1-4H3/q+1. The Morgan fingerprint density at radius 1 is 1.03 bits per heavy atom. The molecule has 1 aliphatic rings. The average molecular weight is 423 g/mol. The Labute approximate surface area is 189 Å². The minimum Gasteiger partial charge on any atom is -0.465 e. The van der Waals surface area contributed by atoms with Crippen LogP contribution in [0.15, 0.2) is 42.5 Å². The minimum absolute atomic E-state index is 0.268. The van der Waals surface area contributed by atoms with Crippen LogP contribution in [0.3, 0.4) is 0 Å². The van der Waals surface area contributed by atoms with E-state index in [1.54, 1.807) is 0 Å². The number of aryl methyl sites for hydroxylation is 1. The smallest absolute Gasteiger partial charge is 0.338 e. The Kier molecular flexibility index (Phi) is 8.31. The molecular weight excluding hydrogens is 382 g/mol. The first-order chi connectivity index (χ1) is 15.0. The van der Waals surface area contributed by atoms with E-state index in [0.717, 1.165) is 30.1 Å². The van der Waals surface area contributed by atoms with E-state index in [2.05, 4.69) is 45.2 Å². The van der Waals surface area contributed by atoms with E-state index in [1.165, 1.54) is 74.2 Å². The van der Waals surface area contributed by atoms with Crippen molar-refractivity contribution in [2.24, 2.45) is 0 Å². The summed E-state index contributed by atoms with van der Waals surface area (Å²) in [6.45, 7) is 6.83. The number of esters is 1. The molecule has 0 heterocycles. The number of methoxy groups -OCH3 is 1. The summed E-state index contributed by atoms with van der Waals surface area (Å²) in [5.41, 5.74) is 5.23. The number of nitrogens with zero attached hydrogens (tertiary/aromatic N) is 1. The summed E-state index contributed by atoms with van der Waals surface area (Å²) in [5.74, 6) is -0.268. The normalized spacial score (nSPS) is 16.6. The lowest BCUT2D eigenvalue weighted by molar-refractivity contribution is -0.934. The summed E-state index contributed by atoms with van der Waals surface area (Å²) in [6, 6.07) is 15.4. The number of rotatable bonds is 9. The molecule has 0 aromatic heterocycles. The molecule has 2 aromatic rings. The molecule has 168 valence electrons. The van der Waals surface area contributed by atoms with Crippen molar-refractivity contribution in [2.75, 3.05) is 27.2 Å². The zero-order valence-electron chi connectivity index (χ0n) is 20.0. The molecule has 0 amide bonds. The van der Waals surface area contributed by atoms with Crippen LogP contribution in [0.25, 0.3) is 11.1 Å². The highest BCUT2D eigenvalue weighted by molar-refractivity contribution is 5.97. The molecule has 0 radical (unpaired) electrons. The summed E-state index contributed by atoms with van der Waals surface area (Å²) < 4.78 is 6.26. The molecule has 0 spiro atoms. The third kappa shape index (κ3) is 5.77. The molecule has 0 aliphatic heterocycles. The Morgan fingerprint density at radius 2 is 1.77 bits per heavy atom. The van der Waals surface area contributed by atoms with Crippen LogP contribution in [0.2, 0.25) is 0 Å². The van der Waals surface area contributed by atoms with Crippen molar-refractivity contribution in [3.8, 4) is 11.1 Å². The van der Waals surface area contributed by atoms with Crippen LogP contribution in [0.5, 0.6) is 0 Å². The van der Waals surface area contributed by atoms with Gasteiger partial charge in [-0.3, -0.25) is 0 Å². The summed E-state index contributed by atoms with van der Waals surface area (Å²) in [6.07, 6.45) is 10.5. The number of unbranched alkanes of at least 4 members (excludes halogenated alkanes) is 1. The van der Waals surface area contributed by atoms with Crippen LogP contribution in [0, 0.1) is 6.92 Å². The monoisotopic (exact) mass is 422 g/mol. The van der Waals surface area contributed by atoms with E-state index in [9.17, 15) is 4.79 Å². The topological polar surface area (TPSA) is 26.3 Å². The number of quaternary nitrogens is 1. The maximum atomic E-state index is 12.4. The van der Waals surface area contributed by atoms with E-state index in [-0.39, 0.29) is 5.97 Å². The van der Waals surface area contributed by atoms with Crippen molar-refractivity contribution >= 4 is 5.97 Å². The number of carbonyl (C=O) groups excluding carboxylic acids is 1. The molecule has 1 unspecified atom stereocenters. The highest BCUT2D eigenvalue weighted by atomic mass is 16.5.